The van der Waals surface area contributed by atoms with Gasteiger partial charge in [-0.25, -0.2) is 4.39 Å². The van der Waals surface area contributed by atoms with Gasteiger partial charge >= 0.3 is 0 Å². The highest BCUT2D eigenvalue weighted by molar-refractivity contribution is 7.71. The summed E-state index contributed by atoms with van der Waals surface area (Å²) < 4.78 is 20.8. The SMILES string of the molecule is COc1cc(F)ccc1-n1c(=S)[nH]c2c(Cl)cccc21. The number of nitrogens with zero attached hydrogens (tertiary/aromatic N) is 1. The van der Waals surface area contributed by atoms with Crippen LogP contribution in [0.5, 0.6) is 5.75 Å². The van der Waals surface area contributed by atoms with E-state index in [2.05, 4.69) is 4.98 Å². The average molecular weight is 309 g/mol. The highest BCUT2D eigenvalue weighted by atomic mass is 35.5. The summed E-state index contributed by atoms with van der Waals surface area (Å²) in [5.41, 5.74) is 2.21. The molecule has 3 aromatic rings. The number of methoxy groups -OCH3 is 1. The van der Waals surface area contributed by atoms with E-state index in [4.69, 9.17) is 28.6 Å². The minimum atomic E-state index is -0.366. The molecule has 3 nitrogen and oxygen atoms in total. The van der Waals surface area contributed by atoms with Crippen molar-refractivity contribution in [1.82, 2.24) is 9.55 Å². The van der Waals surface area contributed by atoms with Crippen LogP contribution in [0.1, 0.15) is 0 Å². The van der Waals surface area contributed by atoms with Crippen molar-refractivity contribution in [3.63, 3.8) is 0 Å². The molecule has 0 radical (unpaired) electrons. The van der Waals surface area contributed by atoms with E-state index in [1.165, 1.54) is 19.2 Å². The molecule has 0 saturated carbocycles. The molecule has 0 spiro atoms. The van der Waals surface area contributed by atoms with Crippen LogP contribution in [0.15, 0.2) is 36.4 Å². The molecule has 3 rings (SSSR count). The molecule has 0 saturated heterocycles. The van der Waals surface area contributed by atoms with Crippen molar-refractivity contribution in [3.05, 3.63) is 52.0 Å². The quantitative estimate of drug-likeness (QED) is 0.707. The molecule has 0 atom stereocenters. The highest BCUT2D eigenvalue weighted by Gasteiger charge is 2.13. The fourth-order valence-corrected chi connectivity index (χ4v) is 2.69. The van der Waals surface area contributed by atoms with Gasteiger partial charge in [0, 0.05) is 6.07 Å². The molecule has 1 heterocycles. The van der Waals surface area contributed by atoms with Crippen LogP contribution < -0.4 is 4.74 Å². The van der Waals surface area contributed by atoms with Crippen molar-refractivity contribution in [2.24, 2.45) is 0 Å². The van der Waals surface area contributed by atoms with Gasteiger partial charge in [0.15, 0.2) is 4.77 Å². The van der Waals surface area contributed by atoms with Crippen molar-refractivity contribution < 1.29 is 9.13 Å². The van der Waals surface area contributed by atoms with Crippen molar-refractivity contribution in [3.8, 4) is 11.4 Å². The lowest BCUT2D eigenvalue weighted by Crippen LogP contribution is -1.98. The zero-order chi connectivity index (χ0) is 14.3. The number of aromatic amines is 1. The van der Waals surface area contributed by atoms with Crippen LogP contribution in [0, 0.1) is 10.6 Å². The predicted octanol–water partition coefficient (Wildman–Crippen LogP) is 4.49. The fourth-order valence-electron chi connectivity index (χ4n) is 2.17. The standard InChI is InChI=1S/C14H10ClFN2OS/c1-19-12-7-8(16)5-6-10(12)18-11-4-2-3-9(15)13(11)17-14(18)20/h2-7H,1H3,(H,17,20). The Kier molecular flexibility index (Phi) is 3.23. The highest BCUT2D eigenvalue weighted by Crippen LogP contribution is 2.30. The molecule has 0 aliphatic rings. The van der Waals surface area contributed by atoms with Crippen molar-refractivity contribution in [1.29, 1.82) is 0 Å². The maximum atomic E-state index is 13.3. The molecule has 0 aliphatic heterocycles. The van der Waals surface area contributed by atoms with Gasteiger partial charge in [-0.05, 0) is 36.5 Å². The lowest BCUT2D eigenvalue weighted by molar-refractivity contribution is 0.409. The number of hydrogen-bond donors (Lipinski definition) is 1. The summed E-state index contributed by atoms with van der Waals surface area (Å²) in [6.45, 7) is 0. The third-order valence-electron chi connectivity index (χ3n) is 3.05. The molecule has 102 valence electrons. The van der Waals surface area contributed by atoms with Crippen LogP contribution in [-0.2, 0) is 0 Å². The van der Waals surface area contributed by atoms with Crippen LogP contribution in [0.25, 0.3) is 16.7 Å². The second-order valence-corrected chi connectivity index (χ2v) is 5.01. The zero-order valence-electron chi connectivity index (χ0n) is 10.5. The van der Waals surface area contributed by atoms with Gasteiger partial charge in [-0.2, -0.15) is 0 Å². The first-order chi connectivity index (χ1) is 9.61. The van der Waals surface area contributed by atoms with E-state index in [0.717, 1.165) is 11.0 Å². The molecule has 1 aromatic heterocycles. The summed E-state index contributed by atoms with van der Waals surface area (Å²) in [4.78, 5) is 3.06. The van der Waals surface area contributed by atoms with Gasteiger partial charge in [0.05, 0.1) is 28.9 Å². The minimum absolute atomic E-state index is 0.366. The number of nitrogens with one attached hydrogen (secondary N) is 1. The maximum Gasteiger partial charge on any atom is 0.182 e. The van der Waals surface area contributed by atoms with Crippen LogP contribution in [-0.4, -0.2) is 16.7 Å². The number of ether oxygens (including phenoxy) is 1. The van der Waals surface area contributed by atoms with E-state index < -0.39 is 0 Å². The first-order valence-electron chi connectivity index (χ1n) is 5.85. The number of rotatable bonds is 2. The summed E-state index contributed by atoms with van der Waals surface area (Å²) in [5.74, 6) is 0.0389. The van der Waals surface area contributed by atoms with Crippen molar-refractivity contribution >= 4 is 34.9 Å². The second kappa shape index (κ2) is 4.92. The Hall–Kier alpha value is -1.85. The summed E-state index contributed by atoms with van der Waals surface area (Å²) >= 11 is 11.5. The van der Waals surface area contributed by atoms with Crippen molar-refractivity contribution in [2.45, 2.75) is 0 Å². The third-order valence-corrected chi connectivity index (χ3v) is 3.65. The summed E-state index contributed by atoms with van der Waals surface area (Å²) in [6.07, 6.45) is 0. The monoisotopic (exact) mass is 308 g/mol. The van der Waals surface area contributed by atoms with E-state index >= 15 is 0 Å². The smallest absolute Gasteiger partial charge is 0.182 e. The molecule has 0 aliphatic carbocycles. The van der Waals surface area contributed by atoms with E-state index in [1.807, 2.05) is 12.1 Å². The number of aromatic nitrogens is 2. The van der Waals surface area contributed by atoms with E-state index in [1.54, 1.807) is 16.7 Å². The van der Waals surface area contributed by atoms with Crippen molar-refractivity contribution in [2.75, 3.05) is 7.11 Å². The first kappa shape index (κ1) is 13.1. The van der Waals surface area contributed by atoms with Crippen LogP contribution >= 0.6 is 23.8 Å². The molecular weight excluding hydrogens is 299 g/mol. The molecule has 0 bridgehead atoms. The van der Waals surface area contributed by atoms with Gasteiger partial charge < -0.3 is 9.72 Å². The normalized spacial score (nSPS) is 10.9. The van der Waals surface area contributed by atoms with Gasteiger partial charge in [-0.15, -0.1) is 0 Å². The number of hydrogen-bond acceptors (Lipinski definition) is 2. The predicted molar refractivity (Wildman–Crippen MR) is 80.0 cm³/mol. The topological polar surface area (TPSA) is 29.9 Å². The molecular formula is C14H10ClFN2OS. The zero-order valence-corrected chi connectivity index (χ0v) is 12.1. The lowest BCUT2D eigenvalue weighted by atomic mass is 10.2. The molecule has 0 unspecified atom stereocenters. The largest absolute Gasteiger partial charge is 0.494 e. The molecule has 1 N–H and O–H groups in total. The molecule has 6 heteroatoms. The Balaban J connectivity index is 2.38. The number of para-hydroxylation sites is 1. The summed E-state index contributed by atoms with van der Waals surface area (Å²) in [6, 6.07) is 9.80. The second-order valence-electron chi connectivity index (χ2n) is 4.22. The van der Waals surface area contributed by atoms with Gasteiger partial charge in [-0.1, -0.05) is 17.7 Å². The fraction of sp³-hybridized carbons (Fsp3) is 0.0714. The third kappa shape index (κ3) is 1.99. The van der Waals surface area contributed by atoms with Gasteiger partial charge in [0.2, 0.25) is 0 Å². The average Bonchev–Trinajstić information content (AvgIpc) is 2.77. The number of H-pyrrole nitrogens is 1. The van der Waals surface area contributed by atoms with Crippen LogP contribution in [0.2, 0.25) is 5.02 Å². The summed E-state index contributed by atoms with van der Waals surface area (Å²) in [5, 5.41) is 0.577. The number of benzene rings is 2. The number of fused-ring (bicyclic) bond motifs is 1. The van der Waals surface area contributed by atoms with Gasteiger partial charge in [0.1, 0.15) is 11.6 Å². The Morgan fingerprint density at radius 3 is 2.85 bits per heavy atom. The van der Waals surface area contributed by atoms with E-state index in [9.17, 15) is 4.39 Å². The Labute approximate surface area is 124 Å². The molecule has 0 fully saturated rings. The van der Waals surface area contributed by atoms with E-state index in [-0.39, 0.29) is 5.82 Å². The molecule has 2 aromatic carbocycles. The summed E-state index contributed by atoms with van der Waals surface area (Å²) in [7, 11) is 1.49. The van der Waals surface area contributed by atoms with Crippen LogP contribution in [0.4, 0.5) is 4.39 Å². The number of halogens is 2. The van der Waals surface area contributed by atoms with Gasteiger partial charge in [0.25, 0.3) is 0 Å². The number of imidazole rings is 1. The Morgan fingerprint density at radius 1 is 1.30 bits per heavy atom. The Morgan fingerprint density at radius 2 is 2.10 bits per heavy atom. The van der Waals surface area contributed by atoms with Gasteiger partial charge in [-0.3, -0.25) is 4.57 Å². The maximum absolute atomic E-state index is 13.3. The lowest BCUT2D eigenvalue weighted by Gasteiger charge is -2.10. The Bertz CT molecular complexity index is 856. The molecule has 0 amide bonds. The van der Waals surface area contributed by atoms with Crippen LogP contribution in [0.3, 0.4) is 0 Å². The molecule has 20 heavy (non-hydrogen) atoms. The van der Waals surface area contributed by atoms with E-state index in [0.29, 0.717) is 21.2 Å². The first-order valence-corrected chi connectivity index (χ1v) is 6.63. The minimum Gasteiger partial charge on any atom is -0.494 e.